The second-order valence-electron chi connectivity index (χ2n) is 6.66. The lowest BCUT2D eigenvalue weighted by molar-refractivity contribution is -0.385. The second kappa shape index (κ2) is 8.03. The molecule has 0 saturated carbocycles. The molecule has 0 aliphatic carbocycles. The number of primary sulfonamides is 1. The molecular weight excluding hydrogens is 368 g/mol. The molecule has 9 heteroatoms. The molecule has 2 aromatic rings. The Balaban J connectivity index is 1.66. The molecule has 0 bridgehead atoms. The lowest BCUT2D eigenvalue weighted by Crippen LogP contribution is -2.38. The summed E-state index contributed by atoms with van der Waals surface area (Å²) in [5, 5.41) is 19.4. The number of nitro groups is 1. The number of non-ortho nitro benzene ring substituents is 1. The van der Waals surface area contributed by atoms with E-state index >= 15 is 0 Å². The molecule has 0 atom stereocenters. The van der Waals surface area contributed by atoms with Crippen LogP contribution in [0.3, 0.4) is 0 Å². The molecule has 144 valence electrons. The summed E-state index contributed by atoms with van der Waals surface area (Å²) >= 11 is 0. The molecule has 1 aliphatic heterocycles. The maximum absolute atomic E-state index is 11.8. The summed E-state index contributed by atoms with van der Waals surface area (Å²) in [6, 6.07) is 14.0. The Morgan fingerprint density at radius 3 is 2.41 bits per heavy atom. The molecule has 1 heterocycles. The summed E-state index contributed by atoms with van der Waals surface area (Å²) < 4.78 is 23.7. The first kappa shape index (κ1) is 19.3. The van der Waals surface area contributed by atoms with Crippen LogP contribution in [-0.2, 0) is 16.6 Å². The number of hydrogen-bond donors (Lipinski definition) is 2. The van der Waals surface area contributed by atoms with Crippen LogP contribution in [0.5, 0.6) is 0 Å². The van der Waals surface area contributed by atoms with Crippen molar-refractivity contribution in [3.8, 4) is 0 Å². The second-order valence-corrected chi connectivity index (χ2v) is 8.19. The average molecular weight is 390 g/mol. The number of sulfonamides is 1. The van der Waals surface area contributed by atoms with Gasteiger partial charge < -0.3 is 5.32 Å². The smallest absolute Gasteiger partial charge is 0.270 e. The van der Waals surface area contributed by atoms with E-state index in [9.17, 15) is 18.5 Å². The van der Waals surface area contributed by atoms with Crippen molar-refractivity contribution in [1.29, 1.82) is 0 Å². The van der Waals surface area contributed by atoms with Crippen LogP contribution in [0.1, 0.15) is 18.4 Å². The Morgan fingerprint density at radius 1 is 1.15 bits per heavy atom. The van der Waals surface area contributed by atoms with E-state index < -0.39 is 14.9 Å². The Bertz CT molecular complexity index is 910. The summed E-state index contributed by atoms with van der Waals surface area (Å²) in [4.78, 5) is 12.4. The summed E-state index contributed by atoms with van der Waals surface area (Å²) in [7, 11) is -4.07. The number of hydrogen-bond acceptors (Lipinski definition) is 6. The van der Waals surface area contributed by atoms with Crippen LogP contribution >= 0.6 is 0 Å². The van der Waals surface area contributed by atoms with Gasteiger partial charge in [0.25, 0.3) is 5.69 Å². The minimum atomic E-state index is -4.07. The fourth-order valence-corrected chi connectivity index (χ4v) is 3.99. The van der Waals surface area contributed by atoms with Gasteiger partial charge in [0.15, 0.2) is 0 Å². The number of anilines is 1. The van der Waals surface area contributed by atoms with E-state index in [1.807, 2.05) is 18.2 Å². The number of nitrogens with two attached hydrogens (primary N) is 1. The third-order valence-electron chi connectivity index (χ3n) is 4.68. The minimum Gasteiger partial charge on any atom is -0.381 e. The summed E-state index contributed by atoms with van der Waals surface area (Å²) in [5.74, 6) is 0. The van der Waals surface area contributed by atoms with Gasteiger partial charge in [0.2, 0.25) is 10.0 Å². The van der Waals surface area contributed by atoms with Gasteiger partial charge in [-0.1, -0.05) is 30.3 Å². The number of benzene rings is 2. The first-order valence-corrected chi connectivity index (χ1v) is 10.2. The fourth-order valence-electron chi connectivity index (χ4n) is 3.28. The number of nitrogens with zero attached hydrogens (tertiary/aromatic N) is 2. The number of piperidine rings is 1. The summed E-state index contributed by atoms with van der Waals surface area (Å²) in [5.41, 5.74) is 1.27. The minimum absolute atomic E-state index is 0.0824. The zero-order valence-electron chi connectivity index (χ0n) is 14.7. The van der Waals surface area contributed by atoms with Crippen LogP contribution in [0, 0.1) is 10.1 Å². The largest absolute Gasteiger partial charge is 0.381 e. The van der Waals surface area contributed by atoms with Gasteiger partial charge in [0, 0.05) is 37.8 Å². The van der Waals surface area contributed by atoms with Gasteiger partial charge in [0.05, 0.1) is 10.6 Å². The van der Waals surface area contributed by atoms with Gasteiger partial charge in [-0.25, -0.2) is 13.6 Å². The van der Waals surface area contributed by atoms with Crippen molar-refractivity contribution < 1.29 is 13.3 Å². The highest BCUT2D eigenvalue weighted by Gasteiger charge is 2.23. The van der Waals surface area contributed by atoms with Crippen molar-refractivity contribution in [3.05, 3.63) is 64.2 Å². The van der Waals surface area contributed by atoms with Crippen LogP contribution in [0.2, 0.25) is 0 Å². The van der Waals surface area contributed by atoms with E-state index in [2.05, 4.69) is 22.3 Å². The quantitative estimate of drug-likeness (QED) is 0.577. The Labute approximate surface area is 158 Å². The Kier molecular flexibility index (Phi) is 5.73. The monoisotopic (exact) mass is 390 g/mol. The predicted octanol–water partition coefficient (Wildman–Crippen LogP) is 2.32. The number of likely N-dealkylation sites (tertiary alicyclic amines) is 1. The van der Waals surface area contributed by atoms with Crippen LogP contribution in [0.15, 0.2) is 53.4 Å². The standard InChI is InChI=1S/C18H22N4O4S/c19-27(25,26)18-12-16(22(23)24)6-7-17(18)20-15-8-10-21(11-9-15)13-14-4-2-1-3-5-14/h1-7,12,15,20H,8-11,13H2,(H2,19,25,26). The maximum Gasteiger partial charge on any atom is 0.270 e. The van der Waals surface area contributed by atoms with Crippen molar-refractivity contribution in [2.75, 3.05) is 18.4 Å². The molecule has 1 saturated heterocycles. The fraction of sp³-hybridized carbons (Fsp3) is 0.333. The van der Waals surface area contributed by atoms with E-state index in [0.717, 1.165) is 38.5 Å². The third kappa shape index (κ3) is 5.03. The molecule has 3 rings (SSSR count). The molecule has 0 amide bonds. The van der Waals surface area contributed by atoms with E-state index in [1.54, 1.807) is 0 Å². The van der Waals surface area contributed by atoms with Crippen LogP contribution in [0.4, 0.5) is 11.4 Å². The van der Waals surface area contributed by atoms with Crippen molar-refractivity contribution in [2.24, 2.45) is 5.14 Å². The SMILES string of the molecule is NS(=O)(=O)c1cc([N+](=O)[O-])ccc1NC1CCN(Cc2ccccc2)CC1. The van der Waals surface area contributed by atoms with Crippen LogP contribution < -0.4 is 10.5 Å². The molecule has 3 N–H and O–H groups in total. The molecule has 0 unspecified atom stereocenters. The molecule has 2 aromatic carbocycles. The van der Waals surface area contributed by atoms with E-state index in [1.165, 1.54) is 17.7 Å². The molecule has 0 aromatic heterocycles. The predicted molar refractivity (Wildman–Crippen MR) is 103 cm³/mol. The molecule has 27 heavy (non-hydrogen) atoms. The molecule has 8 nitrogen and oxygen atoms in total. The van der Waals surface area contributed by atoms with E-state index in [0.29, 0.717) is 5.69 Å². The Morgan fingerprint density at radius 2 is 1.81 bits per heavy atom. The lowest BCUT2D eigenvalue weighted by atomic mass is 10.0. The maximum atomic E-state index is 11.8. The first-order chi connectivity index (χ1) is 12.8. The topological polar surface area (TPSA) is 119 Å². The average Bonchev–Trinajstić information content (AvgIpc) is 2.63. The first-order valence-electron chi connectivity index (χ1n) is 8.67. The van der Waals surface area contributed by atoms with Gasteiger partial charge >= 0.3 is 0 Å². The number of rotatable bonds is 6. The van der Waals surface area contributed by atoms with Gasteiger partial charge in [0.1, 0.15) is 4.90 Å². The zero-order chi connectivity index (χ0) is 19.4. The highest BCUT2D eigenvalue weighted by molar-refractivity contribution is 7.89. The van der Waals surface area contributed by atoms with Crippen molar-refractivity contribution in [2.45, 2.75) is 30.3 Å². The van der Waals surface area contributed by atoms with E-state index in [4.69, 9.17) is 5.14 Å². The highest BCUT2D eigenvalue weighted by Crippen LogP contribution is 2.27. The third-order valence-corrected chi connectivity index (χ3v) is 5.63. The Hall–Kier alpha value is -2.49. The molecule has 1 aliphatic rings. The molecule has 0 spiro atoms. The number of nitrogens with one attached hydrogen (secondary N) is 1. The summed E-state index contributed by atoms with van der Waals surface area (Å²) in [6.45, 7) is 2.64. The van der Waals surface area contributed by atoms with Crippen LogP contribution in [-0.4, -0.2) is 37.4 Å². The lowest BCUT2D eigenvalue weighted by Gasteiger charge is -2.33. The molecule has 1 fully saturated rings. The van der Waals surface area contributed by atoms with Gasteiger partial charge in [-0.05, 0) is 24.5 Å². The zero-order valence-corrected chi connectivity index (χ0v) is 15.6. The highest BCUT2D eigenvalue weighted by atomic mass is 32.2. The van der Waals surface area contributed by atoms with Crippen LogP contribution in [0.25, 0.3) is 0 Å². The van der Waals surface area contributed by atoms with Crippen molar-refractivity contribution in [1.82, 2.24) is 4.90 Å². The van der Waals surface area contributed by atoms with Gasteiger partial charge in [-0.15, -0.1) is 0 Å². The van der Waals surface area contributed by atoms with Gasteiger partial charge in [-0.2, -0.15) is 0 Å². The molecular formula is C18H22N4O4S. The van der Waals surface area contributed by atoms with Gasteiger partial charge in [-0.3, -0.25) is 15.0 Å². The van der Waals surface area contributed by atoms with E-state index in [-0.39, 0.29) is 16.6 Å². The molecule has 0 radical (unpaired) electrons. The number of nitro benzene ring substituents is 1. The normalized spacial score (nSPS) is 16.2. The summed E-state index contributed by atoms with van der Waals surface area (Å²) in [6.07, 6.45) is 1.68. The van der Waals surface area contributed by atoms with Crippen molar-refractivity contribution >= 4 is 21.4 Å². The van der Waals surface area contributed by atoms with Crippen molar-refractivity contribution in [3.63, 3.8) is 0 Å².